The molecule has 1 aliphatic heterocycles. The first-order valence-corrected chi connectivity index (χ1v) is 13.9. The second kappa shape index (κ2) is 9.58. The van der Waals surface area contributed by atoms with Gasteiger partial charge in [0.1, 0.15) is 0 Å². The Morgan fingerprint density at radius 2 is 1.82 bits per heavy atom. The lowest BCUT2D eigenvalue weighted by Gasteiger charge is -2.26. The summed E-state index contributed by atoms with van der Waals surface area (Å²) in [6.45, 7) is 1.57. The fraction of sp³-hybridized carbons (Fsp3) is 0.600. The Morgan fingerprint density at radius 1 is 1.06 bits per heavy atom. The maximum Gasteiger partial charge on any atom is 0.228 e. The smallest absolute Gasteiger partial charge is 0.228 e. The molecule has 8 heteroatoms. The van der Waals surface area contributed by atoms with Gasteiger partial charge in [-0.1, -0.05) is 43.2 Å². The molecule has 0 spiro atoms. The van der Waals surface area contributed by atoms with E-state index < -0.39 is 9.84 Å². The minimum atomic E-state index is -3.65. The van der Waals surface area contributed by atoms with Crippen molar-refractivity contribution in [2.75, 3.05) is 6.61 Å². The number of ether oxygens (including phenoxy) is 1. The van der Waals surface area contributed by atoms with Crippen LogP contribution < -0.4 is 0 Å². The monoisotopic (exact) mass is 471 g/mol. The summed E-state index contributed by atoms with van der Waals surface area (Å²) >= 11 is 0. The molecule has 2 aromatic rings. The van der Waals surface area contributed by atoms with Crippen LogP contribution in [0.5, 0.6) is 0 Å². The molecule has 0 radical (unpaired) electrons. The predicted molar refractivity (Wildman–Crippen MR) is 124 cm³/mol. The summed E-state index contributed by atoms with van der Waals surface area (Å²) in [6.07, 6.45) is 9.74. The first-order valence-electron chi connectivity index (χ1n) is 12.2. The molecular weight excluding hydrogens is 438 g/mol. The normalized spacial score (nSPS) is 21.5. The summed E-state index contributed by atoms with van der Waals surface area (Å²) in [5.41, 5.74) is 1.53. The molecule has 33 heavy (non-hydrogen) atoms. The van der Waals surface area contributed by atoms with Crippen LogP contribution in [0, 0.1) is 5.92 Å². The van der Waals surface area contributed by atoms with Crippen LogP contribution in [0.3, 0.4) is 0 Å². The summed E-state index contributed by atoms with van der Waals surface area (Å²) in [4.78, 5) is 19.7. The van der Waals surface area contributed by atoms with Crippen molar-refractivity contribution in [1.29, 1.82) is 0 Å². The number of carbonyl (C=O) groups excluding carboxylic acids is 1. The van der Waals surface area contributed by atoms with Gasteiger partial charge in [0.05, 0.1) is 36.8 Å². The Hall–Kier alpha value is -2.19. The zero-order chi connectivity index (χ0) is 22.8. The van der Waals surface area contributed by atoms with E-state index in [2.05, 4.69) is 4.98 Å². The van der Waals surface area contributed by atoms with Gasteiger partial charge in [0.25, 0.3) is 0 Å². The molecule has 2 heterocycles. The van der Waals surface area contributed by atoms with Crippen molar-refractivity contribution >= 4 is 15.7 Å². The van der Waals surface area contributed by atoms with Gasteiger partial charge in [0.2, 0.25) is 20.9 Å². The molecule has 3 aliphatic rings. The van der Waals surface area contributed by atoms with Gasteiger partial charge in [0, 0.05) is 18.6 Å². The highest BCUT2D eigenvalue weighted by Gasteiger charge is 2.38. The van der Waals surface area contributed by atoms with E-state index in [1.54, 1.807) is 6.20 Å². The topological polar surface area (TPSA) is 81.5 Å². The van der Waals surface area contributed by atoms with Gasteiger partial charge < -0.3 is 14.2 Å². The Morgan fingerprint density at radius 3 is 2.48 bits per heavy atom. The molecule has 2 aliphatic carbocycles. The van der Waals surface area contributed by atoms with E-state index in [0.717, 1.165) is 62.6 Å². The van der Waals surface area contributed by atoms with Crippen LogP contribution in [0.25, 0.3) is 0 Å². The molecule has 7 nitrogen and oxygen atoms in total. The lowest BCUT2D eigenvalue weighted by atomic mass is 10.1. The van der Waals surface area contributed by atoms with Gasteiger partial charge in [-0.05, 0) is 44.1 Å². The van der Waals surface area contributed by atoms with Gasteiger partial charge in [-0.15, -0.1) is 0 Å². The second-order valence-corrected chi connectivity index (χ2v) is 11.6. The van der Waals surface area contributed by atoms with E-state index in [0.29, 0.717) is 19.7 Å². The van der Waals surface area contributed by atoms with Crippen molar-refractivity contribution in [2.45, 2.75) is 87.5 Å². The van der Waals surface area contributed by atoms with Gasteiger partial charge in [-0.25, -0.2) is 13.4 Å². The fourth-order valence-corrected chi connectivity index (χ4v) is 6.67. The second-order valence-electron chi connectivity index (χ2n) is 9.70. The molecule has 0 bridgehead atoms. The van der Waals surface area contributed by atoms with Crippen LogP contribution in [0.4, 0.5) is 0 Å². The van der Waals surface area contributed by atoms with Crippen LogP contribution in [0.1, 0.15) is 62.6 Å². The Kier molecular flexibility index (Phi) is 6.56. The summed E-state index contributed by atoms with van der Waals surface area (Å²) < 4.78 is 34.4. The highest BCUT2D eigenvalue weighted by atomic mass is 32.2. The quantitative estimate of drug-likeness (QED) is 0.557. The molecule has 1 aromatic carbocycles. The minimum absolute atomic E-state index is 0.0245. The molecule has 0 N–H and O–H groups in total. The molecule has 2 saturated carbocycles. The minimum Gasteiger partial charge on any atom is -0.376 e. The van der Waals surface area contributed by atoms with E-state index in [-0.39, 0.29) is 34.9 Å². The average molecular weight is 472 g/mol. The molecule has 0 unspecified atom stereocenters. The highest BCUT2D eigenvalue weighted by Crippen LogP contribution is 2.34. The molecular formula is C25H33N3O4S. The molecule has 1 saturated heterocycles. The van der Waals surface area contributed by atoms with Crippen molar-refractivity contribution in [1.82, 2.24) is 14.5 Å². The maximum atomic E-state index is 13.4. The van der Waals surface area contributed by atoms with E-state index in [1.807, 2.05) is 39.8 Å². The number of rotatable bonds is 9. The number of carbonyl (C=O) groups is 1. The maximum absolute atomic E-state index is 13.4. The number of imidazole rings is 1. The van der Waals surface area contributed by atoms with Gasteiger partial charge in [-0.3, -0.25) is 4.79 Å². The van der Waals surface area contributed by atoms with Crippen LogP contribution >= 0.6 is 0 Å². The lowest BCUT2D eigenvalue weighted by Crippen LogP contribution is -2.37. The fourth-order valence-electron chi connectivity index (χ4n) is 5.17. The molecule has 3 fully saturated rings. The van der Waals surface area contributed by atoms with Crippen LogP contribution in [0.15, 0.2) is 41.7 Å². The molecule has 1 amide bonds. The molecule has 1 aromatic heterocycles. The highest BCUT2D eigenvalue weighted by molar-refractivity contribution is 7.90. The third-order valence-electron chi connectivity index (χ3n) is 7.10. The first kappa shape index (κ1) is 22.6. The lowest BCUT2D eigenvalue weighted by molar-refractivity contribution is -0.136. The SMILES string of the molecule is O=C(C1CCCC1)N(Cc1cnc(S(=O)(=O)Cc2ccccc2)n1C[C@H]1CCCO1)C1CC1. The first-order chi connectivity index (χ1) is 16.0. The van der Waals surface area contributed by atoms with E-state index in [1.165, 1.54) is 0 Å². The van der Waals surface area contributed by atoms with Gasteiger partial charge >= 0.3 is 0 Å². The summed E-state index contributed by atoms with van der Waals surface area (Å²) in [5, 5.41) is 0.0842. The van der Waals surface area contributed by atoms with Crippen LogP contribution in [0.2, 0.25) is 0 Å². The molecule has 178 valence electrons. The Balaban J connectivity index is 1.44. The number of nitrogens with zero attached hydrogens (tertiary/aromatic N) is 3. The average Bonchev–Trinajstić information content (AvgIpc) is 3.20. The number of amides is 1. The number of hydrogen-bond donors (Lipinski definition) is 0. The van der Waals surface area contributed by atoms with E-state index in [4.69, 9.17) is 4.74 Å². The van der Waals surface area contributed by atoms with Crippen molar-refractivity contribution in [3.8, 4) is 0 Å². The van der Waals surface area contributed by atoms with Crippen LogP contribution in [-0.4, -0.2) is 47.5 Å². The van der Waals surface area contributed by atoms with E-state index >= 15 is 0 Å². The molecule has 1 atom stereocenters. The van der Waals surface area contributed by atoms with Crippen molar-refractivity contribution in [3.63, 3.8) is 0 Å². The number of aromatic nitrogens is 2. The predicted octanol–water partition coefficient (Wildman–Crippen LogP) is 3.72. The number of hydrogen-bond acceptors (Lipinski definition) is 5. The third kappa shape index (κ3) is 5.17. The number of sulfone groups is 1. The summed E-state index contributed by atoms with van der Waals surface area (Å²) in [7, 11) is -3.65. The zero-order valence-corrected chi connectivity index (χ0v) is 19.9. The summed E-state index contributed by atoms with van der Waals surface area (Å²) in [5.74, 6) is 0.248. The zero-order valence-electron chi connectivity index (χ0n) is 19.1. The van der Waals surface area contributed by atoms with Crippen LogP contribution in [-0.2, 0) is 38.2 Å². The number of benzene rings is 1. The third-order valence-corrected chi connectivity index (χ3v) is 8.69. The standard InChI is InChI=1S/C25H33N3O4S/c29-24(20-9-4-5-10-20)27(21-12-13-21)16-22-15-26-25(28(22)17-23-11-6-14-32-23)33(30,31)18-19-7-2-1-3-8-19/h1-3,7-8,15,20-21,23H,4-6,9-14,16-18H2/t23-/m1/s1. The Labute approximate surface area is 196 Å². The van der Waals surface area contributed by atoms with Crippen molar-refractivity contribution in [3.05, 3.63) is 47.8 Å². The molecule has 5 rings (SSSR count). The van der Waals surface area contributed by atoms with Gasteiger partial charge in [-0.2, -0.15) is 0 Å². The van der Waals surface area contributed by atoms with E-state index in [9.17, 15) is 13.2 Å². The Bertz CT molecular complexity index is 1070. The van der Waals surface area contributed by atoms with Gasteiger partial charge in [0.15, 0.2) is 0 Å². The van der Waals surface area contributed by atoms with Crippen molar-refractivity contribution < 1.29 is 17.9 Å². The summed E-state index contributed by atoms with van der Waals surface area (Å²) in [6, 6.07) is 9.48. The largest absolute Gasteiger partial charge is 0.376 e. The van der Waals surface area contributed by atoms with Crippen molar-refractivity contribution in [2.24, 2.45) is 5.92 Å².